The van der Waals surface area contributed by atoms with E-state index in [0.29, 0.717) is 50.9 Å². The predicted octanol–water partition coefficient (Wildman–Crippen LogP) is -0.526. The molecular formula is C30H42N8O6. The van der Waals surface area contributed by atoms with Gasteiger partial charge in [-0.15, -0.1) is 5.10 Å². The summed E-state index contributed by atoms with van der Waals surface area (Å²) in [6, 6.07) is 4.95. The van der Waals surface area contributed by atoms with E-state index in [1.54, 1.807) is 24.9 Å². The number of hydrogen-bond donors (Lipinski definition) is 4. The number of rotatable bonds is 6. The minimum absolute atomic E-state index is 0.0926. The Morgan fingerprint density at radius 1 is 1.05 bits per heavy atom. The van der Waals surface area contributed by atoms with Gasteiger partial charge < -0.3 is 30.9 Å². The summed E-state index contributed by atoms with van der Waals surface area (Å²) in [5, 5.41) is 19.7. The molecule has 4 N–H and O–H groups in total. The number of hydrogen-bond acceptors (Lipinski definition) is 9. The van der Waals surface area contributed by atoms with Crippen LogP contribution in [0.4, 0.5) is 0 Å². The lowest BCUT2D eigenvalue weighted by molar-refractivity contribution is -0.146. The SMILES string of the molecule is CN[C@@H](C)C(=O)N[C@@H]1Cc2cn(nn2)CCCC[C@@H](C(=O)OC)NC(=O)[C@H](Cc2ccccc2)NC(=O)[C@@H]2CCCN2C1=O. The summed E-state index contributed by atoms with van der Waals surface area (Å²) in [6.07, 6.45) is 4.49. The number of benzene rings is 1. The molecule has 14 nitrogen and oxygen atoms in total. The number of ether oxygens (including phenoxy) is 1. The highest BCUT2D eigenvalue weighted by Gasteiger charge is 2.40. The molecule has 2 bridgehead atoms. The summed E-state index contributed by atoms with van der Waals surface area (Å²) >= 11 is 0. The summed E-state index contributed by atoms with van der Waals surface area (Å²) in [6.45, 7) is 2.50. The lowest BCUT2D eigenvalue weighted by Crippen LogP contribution is -2.58. The zero-order valence-corrected chi connectivity index (χ0v) is 25.5. The number of methoxy groups -OCH3 is 1. The lowest BCUT2D eigenvalue weighted by atomic mass is 10.0. The Morgan fingerprint density at radius 3 is 2.55 bits per heavy atom. The minimum Gasteiger partial charge on any atom is -0.467 e. The monoisotopic (exact) mass is 610 g/mol. The van der Waals surface area contributed by atoms with Crippen molar-refractivity contribution in [1.82, 2.24) is 41.2 Å². The number of likely N-dealkylation sites (N-methyl/N-ethyl adjacent to an activating group) is 1. The molecule has 0 radical (unpaired) electrons. The number of carbonyl (C=O) groups excluding carboxylic acids is 5. The second-order valence-corrected chi connectivity index (χ2v) is 11.3. The lowest BCUT2D eigenvalue weighted by Gasteiger charge is -2.30. The van der Waals surface area contributed by atoms with Gasteiger partial charge in [0.25, 0.3) is 0 Å². The normalized spacial score (nSPS) is 24.2. The highest BCUT2D eigenvalue weighted by molar-refractivity contribution is 5.96. The highest BCUT2D eigenvalue weighted by Crippen LogP contribution is 2.20. The Labute approximate surface area is 256 Å². The van der Waals surface area contributed by atoms with Crippen molar-refractivity contribution in [2.24, 2.45) is 0 Å². The average molecular weight is 611 g/mol. The quantitative estimate of drug-likeness (QED) is 0.313. The van der Waals surface area contributed by atoms with E-state index < -0.39 is 53.9 Å². The molecule has 0 spiro atoms. The molecule has 3 heterocycles. The molecule has 4 amide bonds. The number of nitrogens with zero attached hydrogens (tertiary/aromatic N) is 4. The second kappa shape index (κ2) is 15.4. The van der Waals surface area contributed by atoms with Gasteiger partial charge in [0, 0.05) is 32.1 Å². The maximum absolute atomic E-state index is 13.9. The number of carbonyl (C=O) groups is 5. The van der Waals surface area contributed by atoms with Crippen LogP contribution in [0.3, 0.4) is 0 Å². The Balaban J connectivity index is 1.65. The number of aryl methyl sites for hydroxylation is 1. The van der Waals surface area contributed by atoms with Gasteiger partial charge in [0.1, 0.15) is 24.2 Å². The molecule has 2 aliphatic rings. The topological polar surface area (TPSA) is 177 Å². The molecule has 1 saturated heterocycles. The predicted molar refractivity (Wildman–Crippen MR) is 159 cm³/mol. The van der Waals surface area contributed by atoms with E-state index in [0.717, 1.165) is 5.56 Å². The summed E-state index contributed by atoms with van der Waals surface area (Å²) in [7, 11) is 2.92. The van der Waals surface area contributed by atoms with Gasteiger partial charge in [-0.25, -0.2) is 4.79 Å². The number of nitrogens with one attached hydrogen (secondary N) is 4. The smallest absolute Gasteiger partial charge is 0.328 e. The number of fused-ring (bicyclic) bond motifs is 3. The van der Waals surface area contributed by atoms with Gasteiger partial charge in [-0.1, -0.05) is 35.5 Å². The first kappa shape index (κ1) is 32.6. The van der Waals surface area contributed by atoms with E-state index in [-0.39, 0.29) is 18.7 Å². The van der Waals surface area contributed by atoms with Crippen LogP contribution in [-0.2, 0) is 48.1 Å². The third-order valence-electron chi connectivity index (χ3n) is 8.13. The van der Waals surface area contributed by atoms with Crippen LogP contribution in [0.2, 0.25) is 0 Å². The molecule has 238 valence electrons. The van der Waals surface area contributed by atoms with Crippen LogP contribution in [0, 0.1) is 0 Å². The molecule has 1 fully saturated rings. The van der Waals surface area contributed by atoms with E-state index in [1.807, 2.05) is 30.3 Å². The molecule has 5 atom stereocenters. The Morgan fingerprint density at radius 2 is 1.82 bits per heavy atom. The third kappa shape index (κ3) is 8.40. The van der Waals surface area contributed by atoms with Crippen molar-refractivity contribution in [3.05, 3.63) is 47.8 Å². The molecule has 2 aromatic rings. The van der Waals surface area contributed by atoms with E-state index in [9.17, 15) is 24.0 Å². The summed E-state index contributed by atoms with van der Waals surface area (Å²) in [5.74, 6) is -2.36. The molecular weight excluding hydrogens is 568 g/mol. The molecule has 14 heteroatoms. The van der Waals surface area contributed by atoms with Gasteiger partial charge in [0.2, 0.25) is 23.6 Å². The first-order chi connectivity index (χ1) is 21.2. The zero-order chi connectivity index (χ0) is 31.6. The molecule has 0 unspecified atom stereocenters. The average Bonchev–Trinajstić information content (AvgIpc) is 3.70. The van der Waals surface area contributed by atoms with Crippen LogP contribution >= 0.6 is 0 Å². The van der Waals surface area contributed by atoms with Gasteiger partial charge in [-0.05, 0) is 51.6 Å². The van der Waals surface area contributed by atoms with Gasteiger partial charge in [0.15, 0.2) is 0 Å². The van der Waals surface area contributed by atoms with Crippen LogP contribution in [0.25, 0.3) is 0 Å². The maximum atomic E-state index is 13.9. The van der Waals surface area contributed by atoms with Crippen molar-refractivity contribution in [3.8, 4) is 0 Å². The van der Waals surface area contributed by atoms with Crippen molar-refractivity contribution >= 4 is 29.6 Å². The molecule has 1 aromatic heterocycles. The van der Waals surface area contributed by atoms with Crippen LogP contribution in [0.15, 0.2) is 36.5 Å². The van der Waals surface area contributed by atoms with Crippen molar-refractivity contribution in [2.45, 2.75) is 88.6 Å². The maximum Gasteiger partial charge on any atom is 0.328 e. The van der Waals surface area contributed by atoms with E-state index in [1.165, 1.54) is 12.0 Å². The minimum atomic E-state index is -1.01. The van der Waals surface area contributed by atoms with Crippen LogP contribution in [-0.4, -0.2) is 100 Å². The number of aromatic nitrogens is 3. The standard InChI is InChI=1S/C30H42N8O6/c1-19(31-2)26(39)34-24-17-21-18-37(36-35-21)14-8-7-12-22(30(43)44-3)32-27(40)23(16-20-10-5-4-6-11-20)33-28(41)25-13-9-15-38(25)29(24)42/h4-6,10-11,18-19,22-25,31H,7-9,12-17H2,1-3H3,(H,32,40)(H,33,41)(H,34,39)/t19-,22-,23-,24+,25-/m0/s1. The van der Waals surface area contributed by atoms with E-state index in [2.05, 4.69) is 31.6 Å². The Bertz CT molecular complexity index is 1320. The molecule has 0 aliphatic carbocycles. The molecule has 0 saturated carbocycles. The van der Waals surface area contributed by atoms with Gasteiger partial charge in [0.05, 0.1) is 18.8 Å². The Kier molecular flexibility index (Phi) is 11.4. The summed E-state index contributed by atoms with van der Waals surface area (Å²) in [4.78, 5) is 68.2. The van der Waals surface area contributed by atoms with Crippen LogP contribution < -0.4 is 21.3 Å². The fourth-order valence-corrected chi connectivity index (χ4v) is 5.49. The van der Waals surface area contributed by atoms with Crippen LogP contribution in [0.5, 0.6) is 0 Å². The second-order valence-electron chi connectivity index (χ2n) is 11.3. The van der Waals surface area contributed by atoms with Gasteiger partial charge >= 0.3 is 5.97 Å². The molecule has 1 aromatic carbocycles. The van der Waals surface area contributed by atoms with E-state index in [4.69, 9.17) is 4.74 Å². The zero-order valence-electron chi connectivity index (χ0n) is 25.5. The van der Waals surface area contributed by atoms with Crippen molar-refractivity contribution in [2.75, 3.05) is 20.7 Å². The van der Waals surface area contributed by atoms with E-state index >= 15 is 0 Å². The van der Waals surface area contributed by atoms with Crippen molar-refractivity contribution in [3.63, 3.8) is 0 Å². The van der Waals surface area contributed by atoms with Gasteiger partial charge in [-0.2, -0.15) is 0 Å². The first-order valence-electron chi connectivity index (χ1n) is 15.1. The Hall–Kier alpha value is -4.33. The van der Waals surface area contributed by atoms with Crippen molar-refractivity contribution < 1.29 is 28.7 Å². The van der Waals surface area contributed by atoms with Crippen LogP contribution in [0.1, 0.15) is 50.3 Å². The number of amides is 4. The first-order valence-corrected chi connectivity index (χ1v) is 15.1. The highest BCUT2D eigenvalue weighted by atomic mass is 16.5. The van der Waals surface area contributed by atoms with Crippen molar-refractivity contribution in [1.29, 1.82) is 0 Å². The molecule has 4 rings (SSSR count). The summed E-state index contributed by atoms with van der Waals surface area (Å²) in [5.41, 5.74) is 1.33. The summed E-state index contributed by atoms with van der Waals surface area (Å²) < 4.78 is 6.60. The largest absolute Gasteiger partial charge is 0.467 e. The fraction of sp³-hybridized carbons (Fsp3) is 0.567. The molecule has 44 heavy (non-hydrogen) atoms. The number of esters is 1. The third-order valence-corrected chi connectivity index (χ3v) is 8.13. The van der Waals surface area contributed by atoms with Gasteiger partial charge in [-0.3, -0.25) is 23.9 Å². The fourth-order valence-electron chi connectivity index (χ4n) is 5.49. The molecule has 2 aliphatic heterocycles.